The maximum absolute atomic E-state index is 12.2. The van der Waals surface area contributed by atoms with Crippen LogP contribution in [0.1, 0.15) is 26.7 Å². The van der Waals surface area contributed by atoms with E-state index in [1.807, 2.05) is 6.08 Å². The molecule has 1 aliphatic carbocycles. The van der Waals surface area contributed by atoms with Gasteiger partial charge in [0.1, 0.15) is 0 Å². The quantitative estimate of drug-likeness (QED) is 0.408. The van der Waals surface area contributed by atoms with Gasteiger partial charge in [-0.25, -0.2) is 4.57 Å². The first kappa shape index (κ1) is 16.4. The monoisotopic (exact) mass is 292 g/mol. The molecule has 0 aromatic heterocycles. The highest BCUT2D eigenvalue weighted by atomic mass is 31.2. The predicted molar refractivity (Wildman–Crippen MR) is 69.6 cm³/mol. The number of methoxy groups -OCH3 is 1. The molecule has 0 N–H and O–H groups in total. The van der Waals surface area contributed by atoms with Crippen LogP contribution in [-0.4, -0.2) is 32.4 Å². The molecule has 0 spiro atoms. The van der Waals surface area contributed by atoms with Gasteiger partial charge in [0, 0.05) is 0 Å². The molecule has 0 heterocycles. The van der Waals surface area contributed by atoms with Crippen molar-refractivity contribution in [3.63, 3.8) is 0 Å². The molecule has 0 amide bonds. The van der Waals surface area contributed by atoms with Gasteiger partial charge in [-0.1, -0.05) is 12.2 Å². The molecule has 0 aromatic rings. The third-order valence-electron chi connectivity index (χ3n) is 2.66. The zero-order chi connectivity index (χ0) is 14.3. The second kappa shape index (κ2) is 7.80. The van der Waals surface area contributed by atoms with Crippen LogP contribution in [-0.2, 0) is 27.7 Å². The smallest absolute Gasteiger partial charge is 0.469 e. The minimum Gasteiger partial charge on any atom is -0.469 e. The normalized spacial score (nSPS) is 23.3. The van der Waals surface area contributed by atoms with E-state index in [4.69, 9.17) is 18.3 Å². The van der Waals surface area contributed by atoms with Crippen molar-refractivity contribution in [1.29, 1.82) is 0 Å². The second-order valence-electron chi connectivity index (χ2n) is 4.05. The van der Waals surface area contributed by atoms with Crippen LogP contribution in [0.3, 0.4) is 0 Å². The number of esters is 1. The van der Waals surface area contributed by atoms with Gasteiger partial charge < -0.3 is 4.74 Å². The zero-order valence-corrected chi connectivity index (χ0v) is 12.4. The van der Waals surface area contributed by atoms with E-state index in [0.29, 0.717) is 12.8 Å². The average molecular weight is 292 g/mol. The molecule has 0 saturated heterocycles. The number of phosphoric acid groups is 1. The predicted octanol–water partition coefficient (Wildman–Crippen LogP) is 2.69. The maximum atomic E-state index is 12.2. The summed E-state index contributed by atoms with van der Waals surface area (Å²) in [6, 6.07) is 0. The van der Waals surface area contributed by atoms with E-state index in [2.05, 4.69) is 0 Å². The van der Waals surface area contributed by atoms with Crippen LogP contribution in [0.5, 0.6) is 0 Å². The zero-order valence-electron chi connectivity index (χ0n) is 11.5. The number of hydrogen-bond acceptors (Lipinski definition) is 6. The molecule has 0 bridgehead atoms. The van der Waals surface area contributed by atoms with E-state index in [1.54, 1.807) is 19.9 Å². The van der Waals surface area contributed by atoms with E-state index in [0.717, 1.165) is 0 Å². The topological polar surface area (TPSA) is 71.1 Å². The van der Waals surface area contributed by atoms with Gasteiger partial charge >= 0.3 is 13.8 Å². The van der Waals surface area contributed by atoms with Crippen LogP contribution >= 0.6 is 7.82 Å². The van der Waals surface area contributed by atoms with Gasteiger partial charge in [-0.3, -0.25) is 18.4 Å². The SMILES string of the molecule is CCOP(=O)(OCC)O[C@H]1C=CC[C@H](C(=O)OC)C1. The average Bonchev–Trinajstić information content (AvgIpc) is 2.38. The lowest BCUT2D eigenvalue weighted by atomic mass is 9.93. The molecule has 0 aliphatic heterocycles. The van der Waals surface area contributed by atoms with Gasteiger partial charge in [-0.15, -0.1) is 0 Å². The van der Waals surface area contributed by atoms with Crippen molar-refractivity contribution in [3.8, 4) is 0 Å². The van der Waals surface area contributed by atoms with Crippen LogP contribution in [0.4, 0.5) is 0 Å². The van der Waals surface area contributed by atoms with Crippen molar-refractivity contribution < 1.29 is 27.7 Å². The Hall–Kier alpha value is -0.680. The standard InChI is InChI=1S/C12H21O6P/c1-4-16-19(14,17-5-2)18-11-8-6-7-10(9-11)12(13)15-3/h6,8,10-11H,4-5,7,9H2,1-3H3/t10-,11-/m0/s1. The molecule has 0 unspecified atom stereocenters. The molecule has 1 aliphatic rings. The van der Waals surface area contributed by atoms with E-state index in [9.17, 15) is 9.36 Å². The minimum atomic E-state index is -3.56. The van der Waals surface area contributed by atoms with Gasteiger partial charge in [-0.2, -0.15) is 0 Å². The van der Waals surface area contributed by atoms with Crippen LogP contribution in [0.15, 0.2) is 12.2 Å². The Labute approximate surface area is 113 Å². The van der Waals surface area contributed by atoms with Crippen molar-refractivity contribution in [1.82, 2.24) is 0 Å². The molecule has 0 aromatic carbocycles. The molecule has 6 nitrogen and oxygen atoms in total. The van der Waals surface area contributed by atoms with Crippen LogP contribution in [0.2, 0.25) is 0 Å². The van der Waals surface area contributed by atoms with Gasteiger partial charge in [-0.05, 0) is 26.7 Å². The number of allylic oxidation sites excluding steroid dienone is 1. The largest absolute Gasteiger partial charge is 0.475 e. The fourth-order valence-corrected chi connectivity index (χ4v) is 3.18. The lowest BCUT2D eigenvalue weighted by Gasteiger charge is -2.26. The van der Waals surface area contributed by atoms with Crippen molar-refractivity contribution in [2.75, 3.05) is 20.3 Å². The Kier molecular flexibility index (Phi) is 6.72. The molecule has 1 rings (SSSR count). The maximum Gasteiger partial charge on any atom is 0.475 e. The Balaban J connectivity index is 2.64. The summed E-state index contributed by atoms with van der Waals surface area (Å²) in [6.07, 6.45) is 4.12. The number of hydrogen-bond donors (Lipinski definition) is 0. The van der Waals surface area contributed by atoms with Crippen molar-refractivity contribution in [2.45, 2.75) is 32.8 Å². The van der Waals surface area contributed by atoms with Gasteiger partial charge in [0.05, 0.1) is 32.3 Å². The molecule has 0 fully saturated rings. The summed E-state index contributed by atoms with van der Waals surface area (Å²) in [7, 11) is -2.21. The third-order valence-corrected chi connectivity index (χ3v) is 4.34. The first-order valence-corrected chi connectivity index (χ1v) is 7.82. The highest BCUT2D eigenvalue weighted by Gasteiger charge is 2.33. The Morgan fingerprint density at radius 1 is 1.32 bits per heavy atom. The first-order valence-electron chi connectivity index (χ1n) is 6.36. The second-order valence-corrected chi connectivity index (χ2v) is 5.67. The fourth-order valence-electron chi connectivity index (χ4n) is 1.87. The van der Waals surface area contributed by atoms with Crippen molar-refractivity contribution >= 4 is 13.8 Å². The molecule has 2 atom stereocenters. The fraction of sp³-hybridized carbons (Fsp3) is 0.750. The highest BCUT2D eigenvalue weighted by molar-refractivity contribution is 7.48. The molecule has 19 heavy (non-hydrogen) atoms. The lowest BCUT2D eigenvalue weighted by molar-refractivity contribution is -0.146. The lowest BCUT2D eigenvalue weighted by Crippen LogP contribution is -2.25. The first-order chi connectivity index (χ1) is 9.04. The Morgan fingerprint density at radius 2 is 1.95 bits per heavy atom. The van der Waals surface area contributed by atoms with Crippen molar-refractivity contribution in [3.05, 3.63) is 12.2 Å². The van der Waals surface area contributed by atoms with E-state index >= 15 is 0 Å². The third kappa shape index (κ3) is 5.07. The summed E-state index contributed by atoms with van der Waals surface area (Å²) in [5.74, 6) is -0.572. The molecule has 0 radical (unpaired) electrons. The summed E-state index contributed by atoms with van der Waals surface area (Å²) in [5, 5.41) is 0. The molecule has 0 saturated carbocycles. The molecular formula is C12H21O6P. The number of ether oxygens (including phenoxy) is 1. The summed E-state index contributed by atoms with van der Waals surface area (Å²) in [6.45, 7) is 3.88. The number of rotatable bonds is 7. The number of phosphoric ester groups is 1. The molecule has 110 valence electrons. The highest BCUT2D eigenvalue weighted by Crippen LogP contribution is 2.51. The summed E-state index contributed by atoms with van der Waals surface area (Å²) < 4.78 is 32.4. The number of carbonyl (C=O) groups excluding carboxylic acids is 1. The van der Waals surface area contributed by atoms with E-state index in [-0.39, 0.29) is 25.1 Å². The summed E-state index contributed by atoms with van der Waals surface area (Å²) >= 11 is 0. The van der Waals surface area contributed by atoms with Crippen LogP contribution in [0.25, 0.3) is 0 Å². The van der Waals surface area contributed by atoms with E-state index in [1.165, 1.54) is 7.11 Å². The number of carbonyl (C=O) groups is 1. The summed E-state index contributed by atoms with van der Waals surface area (Å²) in [5.41, 5.74) is 0. The van der Waals surface area contributed by atoms with Crippen LogP contribution < -0.4 is 0 Å². The Bertz CT molecular complexity index is 357. The van der Waals surface area contributed by atoms with Gasteiger partial charge in [0.15, 0.2) is 0 Å². The minimum absolute atomic E-state index is 0.230. The van der Waals surface area contributed by atoms with Gasteiger partial charge in [0.2, 0.25) is 0 Å². The summed E-state index contributed by atoms with van der Waals surface area (Å²) in [4.78, 5) is 11.5. The van der Waals surface area contributed by atoms with Crippen LogP contribution in [0, 0.1) is 5.92 Å². The molecule has 7 heteroatoms. The van der Waals surface area contributed by atoms with Crippen molar-refractivity contribution in [2.24, 2.45) is 5.92 Å². The molecular weight excluding hydrogens is 271 g/mol. The Morgan fingerprint density at radius 3 is 2.47 bits per heavy atom. The van der Waals surface area contributed by atoms with E-state index < -0.39 is 13.9 Å². The van der Waals surface area contributed by atoms with Gasteiger partial charge in [0.25, 0.3) is 0 Å².